The van der Waals surface area contributed by atoms with Crippen LogP contribution >= 0.6 is 0 Å². The largest absolute Gasteiger partial charge is 0.462 e. The van der Waals surface area contributed by atoms with Gasteiger partial charge in [0.25, 0.3) is 20.2 Å². The molecule has 4 atom stereocenters. The van der Waals surface area contributed by atoms with Gasteiger partial charge >= 0.3 is 23.9 Å². The highest BCUT2D eigenvalue weighted by atomic mass is 32.2. The highest BCUT2D eigenvalue weighted by Gasteiger charge is 2.37. The second-order valence-electron chi connectivity index (χ2n) is 13.1. The lowest BCUT2D eigenvalue weighted by Crippen LogP contribution is -2.37. The number of unbranched alkanes of at least 4 members (excludes halogenated alkanes) is 4. The number of carbonyl (C=O) groups is 4. The zero-order valence-corrected chi connectivity index (χ0v) is 32.9. The number of rotatable bonds is 26. The maximum absolute atomic E-state index is 12.7. The van der Waals surface area contributed by atoms with Crippen LogP contribution < -0.4 is 0 Å². The van der Waals surface area contributed by atoms with Crippen LogP contribution in [0.25, 0.3) is 0 Å². The van der Waals surface area contributed by atoms with Crippen LogP contribution in [0.3, 0.4) is 0 Å². The molecule has 0 saturated carbocycles. The minimum Gasteiger partial charge on any atom is -0.462 e. The fraction of sp³-hybridized carbons (Fsp3) is 0.579. The highest BCUT2D eigenvalue weighted by molar-refractivity contribution is 7.87. The summed E-state index contributed by atoms with van der Waals surface area (Å²) in [6.07, 6.45) is 4.64. The van der Waals surface area contributed by atoms with Crippen LogP contribution in [0.15, 0.2) is 54.6 Å². The third kappa shape index (κ3) is 18.0. The molecule has 14 nitrogen and oxygen atoms in total. The number of aryl methyl sites for hydroxylation is 1. The zero-order chi connectivity index (χ0) is 40.1. The summed E-state index contributed by atoms with van der Waals surface area (Å²) in [4.78, 5) is 50.1. The summed E-state index contributed by atoms with van der Waals surface area (Å²) >= 11 is 0. The van der Waals surface area contributed by atoms with Gasteiger partial charge in [-0.3, -0.25) is 28.3 Å². The summed E-state index contributed by atoms with van der Waals surface area (Å²) in [6, 6.07) is 15.7. The summed E-state index contributed by atoms with van der Waals surface area (Å²) in [5, 5.41) is -4.21. The van der Waals surface area contributed by atoms with Crippen molar-refractivity contribution >= 4 is 44.1 Å². The Kier molecular flexibility index (Phi) is 20.4. The van der Waals surface area contributed by atoms with Crippen LogP contribution in [0.5, 0.6) is 0 Å². The van der Waals surface area contributed by atoms with Gasteiger partial charge < -0.3 is 18.9 Å². The number of benzene rings is 2. The molecule has 0 saturated heterocycles. The molecule has 2 aromatic rings. The van der Waals surface area contributed by atoms with Crippen LogP contribution in [-0.2, 0) is 78.0 Å². The molecule has 0 aliphatic heterocycles. The first kappa shape index (κ1) is 46.3. The van der Waals surface area contributed by atoms with E-state index >= 15 is 0 Å². The monoisotopic (exact) mass is 798 g/mol. The van der Waals surface area contributed by atoms with E-state index in [2.05, 4.69) is 0 Å². The van der Waals surface area contributed by atoms with E-state index < -0.39 is 79.7 Å². The van der Waals surface area contributed by atoms with Crippen molar-refractivity contribution in [3.8, 4) is 0 Å². The third-order valence-corrected chi connectivity index (χ3v) is 10.8. The molecule has 0 bridgehead atoms. The van der Waals surface area contributed by atoms with E-state index in [0.29, 0.717) is 49.7 Å². The molecule has 2 N–H and O–H groups in total. The summed E-state index contributed by atoms with van der Waals surface area (Å²) in [5.41, 5.74) is 2.14. The second-order valence-corrected chi connectivity index (χ2v) is 16.3. The Morgan fingerprint density at radius 2 is 1.13 bits per heavy atom. The van der Waals surface area contributed by atoms with Crippen molar-refractivity contribution in [1.82, 2.24) is 0 Å². The molecule has 0 radical (unpaired) electrons. The summed E-state index contributed by atoms with van der Waals surface area (Å²) < 4.78 is 88.0. The Morgan fingerprint density at radius 1 is 0.593 bits per heavy atom. The number of esters is 4. The topological polar surface area (TPSA) is 214 Å². The molecule has 0 spiro atoms. The molecule has 0 amide bonds. The first-order valence-corrected chi connectivity index (χ1v) is 21.3. The molecule has 0 fully saturated rings. The minimum absolute atomic E-state index is 0.134. The molecule has 302 valence electrons. The van der Waals surface area contributed by atoms with E-state index in [1.54, 1.807) is 55.5 Å². The average Bonchev–Trinajstić information content (AvgIpc) is 3.12. The van der Waals surface area contributed by atoms with Gasteiger partial charge in [-0.1, -0.05) is 94.6 Å². The van der Waals surface area contributed by atoms with Gasteiger partial charge in [-0.05, 0) is 68.1 Å². The maximum Gasteiger partial charge on any atom is 0.327 e. The Hall–Kier alpha value is -3.86. The summed E-state index contributed by atoms with van der Waals surface area (Å²) in [7, 11) is -9.88. The normalized spacial score (nSPS) is 13.9. The van der Waals surface area contributed by atoms with Gasteiger partial charge in [-0.25, -0.2) is 0 Å². The van der Waals surface area contributed by atoms with E-state index in [1.165, 1.54) is 0 Å². The fourth-order valence-electron chi connectivity index (χ4n) is 5.51. The molecule has 16 heteroatoms. The predicted molar refractivity (Wildman–Crippen MR) is 199 cm³/mol. The number of carbonyl (C=O) groups excluding carboxylic acids is 4. The number of ether oxygens (including phenoxy) is 4. The van der Waals surface area contributed by atoms with Crippen molar-refractivity contribution in [2.75, 3.05) is 0 Å². The minimum atomic E-state index is -4.97. The lowest BCUT2D eigenvalue weighted by molar-refractivity contribution is -0.156. The van der Waals surface area contributed by atoms with Crippen molar-refractivity contribution in [3.63, 3.8) is 0 Å². The Labute approximate surface area is 318 Å². The van der Waals surface area contributed by atoms with Crippen LogP contribution in [0.1, 0.15) is 115 Å². The second kappa shape index (κ2) is 23.8. The van der Waals surface area contributed by atoms with Gasteiger partial charge in [0, 0.05) is 0 Å². The van der Waals surface area contributed by atoms with Crippen molar-refractivity contribution in [1.29, 1.82) is 0 Å². The maximum atomic E-state index is 12.7. The smallest absolute Gasteiger partial charge is 0.327 e. The van der Waals surface area contributed by atoms with Crippen molar-refractivity contribution < 1.29 is 64.1 Å². The van der Waals surface area contributed by atoms with Crippen LogP contribution in [0.2, 0.25) is 0 Å². The Morgan fingerprint density at radius 3 is 1.74 bits per heavy atom. The molecule has 4 unspecified atom stereocenters. The molecular weight excluding hydrogens is 745 g/mol. The van der Waals surface area contributed by atoms with Crippen LogP contribution in [0.4, 0.5) is 0 Å². The highest BCUT2D eigenvalue weighted by Crippen LogP contribution is 2.19. The summed E-state index contributed by atoms with van der Waals surface area (Å²) in [5.74, 6) is -4.39. The average molecular weight is 799 g/mol. The molecule has 0 aliphatic rings. The number of hydrogen-bond acceptors (Lipinski definition) is 12. The Bertz CT molecular complexity index is 1690. The standard InChI is InChI=1S/C38H54O14S2/c1-4-7-10-21-32(6-3)52-38(42)34(54(46,47)48)25-36(40)51-31(5-2)22-14-9-11-16-28-19-15-20-30(23-28)27-50-37(41)33(53(43,44)45)24-35(39)49-26-29-17-12-8-13-18-29/h8,12-13,15,17-20,23,31-34H,4-7,9-11,14,16,21-22,24-27H2,1-3H3,(H,43,44,45)(H,46,47,48). The van der Waals surface area contributed by atoms with Crippen LogP contribution in [0, 0.1) is 0 Å². The fourth-order valence-corrected chi connectivity index (χ4v) is 6.81. The SMILES string of the molecule is CCCCCC(CC)OC(=O)C(CC(=O)OC(CC)CCCCCc1cccc(COC(=O)C(CC(=O)OCc2ccccc2)S(=O)(=O)O)c1)S(=O)(=O)O. The first-order chi connectivity index (χ1) is 25.6. The van der Waals surface area contributed by atoms with Crippen molar-refractivity contribution in [3.05, 3.63) is 71.3 Å². The van der Waals surface area contributed by atoms with Crippen molar-refractivity contribution in [2.24, 2.45) is 0 Å². The quantitative estimate of drug-likeness (QED) is 0.0477. The van der Waals surface area contributed by atoms with Crippen molar-refractivity contribution in [2.45, 2.75) is 140 Å². The Balaban J connectivity index is 1.81. The van der Waals surface area contributed by atoms with E-state index in [-0.39, 0.29) is 13.2 Å². The first-order valence-electron chi connectivity index (χ1n) is 18.3. The molecular formula is C38H54O14S2. The zero-order valence-electron chi connectivity index (χ0n) is 31.2. The van der Waals surface area contributed by atoms with Gasteiger partial charge in [-0.15, -0.1) is 0 Å². The van der Waals surface area contributed by atoms with Gasteiger partial charge in [0.2, 0.25) is 0 Å². The van der Waals surface area contributed by atoms with E-state index in [9.17, 15) is 45.1 Å². The predicted octanol–water partition coefficient (Wildman–Crippen LogP) is 6.09. The lowest BCUT2D eigenvalue weighted by atomic mass is 10.0. The van der Waals surface area contributed by atoms with Crippen LogP contribution in [-0.4, -0.2) is 72.5 Å². The third-order valence-electron chi connectivity index (χ3n) is 8.68. The lowest BCUT2D eigenvalue weighted by Gasteiger charge is -2.21. The van der Waals surface area contributed by atoms with E-state index in [4.69, 9.17) is 18.9 Å². The molecule has 0 aromatic heterocycles. The van der Waals surface area contributed by atoms with Gasteiger partial charge in [0.1, 0.15) is 25.4 Å². The molecule has 0 heterocycles. The molecule has 2 aromatic carbocycles. The van der Waals surface area contributed by atoms with Gasteiger partial charge in [0.15, 0.2) is 10.5 Å². The molecule has 54 heavy (non-hydrogen) atoms. The summed E-state index contributed by atoms with van der Waals surface area (Å²) in [6.45, 7) is 5.20. The van der Waals surface area contributed by atoms with E-state index in [0.717, 1.165) is 37.7 Å². The van der Waals surface area contributed by atoms with Gasteiger partial charge in [0.05, 0.1) is 12.8 Å². The van der Waals surface area contributed by atoms with E-state index in [1.807, 2.05) is 19.9 Å². The van der Waals surface area contributed by atoms with Gasteiger partial charge in [-0.2, -0.15) is 16.8 Å². The molecule has 0 aliphatic carbocycles. The number of hydrogen-bond donors (Lipinski definition) is 2. The molecule has 2 rings (SSSR count).